The van der Waals surface area contributed by atoms with E-state index >= 15 is 0 Å². The Kier molecular flexibility index (Phi) is 4.88. The van der Waals surface area contributed by atoms with E-state index in [-0.39, 0.29) is 33.6 Å². The third kappa shape index (κ3) is 2.61. The van der Waals surface area contributed by atoms with Crippen LogP contribution < -0.4 is 0 Å². The van der Waals surface area contributed by atoms with Crippen molar-refractivity contribution in [1.82, 2.24) is 0 Å². The Balaban J connectivity index is 1.37. The van der Waals surface area contributed by atoms with Gasteiger partial charge >= 0.3 is 0 Å². The molecule has 0 spiro atoms. The largest absolute Gasteiger partial charge is 0.393 e. The number of ether oxygens (including phenoxy) is 2. The van der Waals surface area contributed by atoms with Crippen molar-refractivity contribution < 1.29 is 14.6 Å². The Morgan fingerprint density at radius 2 is 1.38 bits per heavy atom. The van der Waals surface area contributed by atoms with Crippen LogP contribution in [0, 0.1) is 44.8 Å². The molecule has 0 amide bonds. The van der Waals surface area contributed by atoms with E-state index in [4.69, 9.17) is 9.47 Å². The SMILES string of the molecule is CO[C@H]1CC[C@@]2(C)C(CC[C@@]3(C)C[C@]45CC[C@H]6C(C)(C)[C@H](O)CC[C@]6(C)[C@@]4(CCC32)O5)C1(C)C. The highest BCUT2D eigenvalue weighted by Gasteiger charge is 2.83. The van der Waals surface area contributed by atoms with Gasteiger partial charge in [-0.05, 0) is 110 Å². The number of hydrogen-bond donors (Lipinski definition) is 1. The van der Waals surface area contributed by atoms with Gasteiger partial charge in [0.15, 0.2) is 0 Å². The highest BCUT2D eigenvalue weighted by molar-refractivity contribution is 5.31. The van der Waals surface area contributed by atoms with Crippen molar-refractivity contribution in [2.45, 2.75) is 143 Å². The molecule has 1 heterocycles. The van der Waals surface area contributed by atoms with Crippen LogP contribution in [0.15, 0.2) is 0 Å². The van der Waals surface area contributed by atoms with Crippen molar-refractivity contribution in [3.05, 3.63) is 0 Å². The van der Waals surface area contributed by atoms with Gasteiger partial charge < -0.3 is 14.6 Å². The minimum absolute atomic E-state index is 0.0114. The molecule has 0 aromatic rings. The number of aliphatic hydroxyl groups excluding tert-OH is 1. The quantitative estimate of drug-likeness (QED) is 0.412. The summed E-state index contributed by atoms with van der Waals surface area (Å²) < 4.78 is 13.2. The number of aliphatic hydroxyl groups is 1. The highest BCUT2D eigenvalue weighted by atomic mass is 16.6. The van der Waals surface area contributed by atoms with Crippen LogP contribution in [-0.4, -0.2) is 35.6 Å². The normalized spacial score (nSPS) is 59.4. The van der Waals surface area contributed by atoms with Crippen molar-refractivity contribution >= 4 is 0 Å². The molecule has 5 aliphatic carbocycles. The van der Waals surface area contributed by atoms with Gasteiger partial charge in [-0.15, -0.1) is 0 Å². The summed E-state index contributed by atoms with van der Waals surface area (Å²) in [5.41, 5.74) is 1.37. The second-order valence-electron chi connectivity index (χ2n) is 15.9. The van der Waals surface area contributed by atoms with E-state index < -0.39 is 0 Å². The van der Waals surface area contributed by atoms with Crippen molar-refractivity contribution in [3.63, 3.8) is 0 Å². The fourth-order valence-electron chi connectivity index (χ4n) is 12.6. The molecule has 0 bridgehead atoms. The maximum Gasteiger partial charge on any atom is 0.104 e. The minimum atomic E-state index is -0.169. The summed E-state index contributed by atoms with van der Waals surface area (Å²) in [5.74, 6) is 2.09. The first-order valence-electron chi connectivity index (χ1n) is 14.6. The molecule has 6 fully saturated rings. The molecule has 2 unspecified atom stereocenters. The molecule has 1 aliphatic heterocycles. The second-order valence-corrected chi connectivity index (χ2v) is 15.9. The van der Waals surface area contributed by atoms with E-state index in [2.05, 4.69) is 48.5 Å². The first-order chi connectivity index (χ1) is 15.7. The van der Waals surface area contributed by atoms with Crippen molar-refractivity contribution in [2.24, 2.45) is 44.8 Å². The zero-order valence-corrected chi connectivity index (χ0v) is 23.4. The molecule has 3 nitrogen and oxygen atoms in total. The summed E-state index contributed by atoms with van der Waals surface area (Å²) in [4.78, 5) is 0. The van der Waals surface area contributed by atoms with Crippen molar-refractivity contribution in [3.8, 4) is 0 Å². The summed E-state index contributed by atoms with van der Waals surface area (Å²) in [6, 6.07) is 0. The smallest absolute Gasteiger partial charge is 0.104 e. The third-order valence-electron chi connectivity index (χ3n) is 14.2. The molecule has 0 aromatic carbocycles. The van der Waals surface area contributed by atoms with Gasteiger partial charge in [0.1, 0.15) is 5.60 Å². The molecule has 6 aliphatic rings. The molecule has 5 saturated carbocycles. The average molecular weight is 473 g/mol. The topological polar surface area (TPSA) is 42.0 Å². The molecule has 0 radical (unpaired) electrons. The van der Waals surface area contributed by atoms with Crippen LogP contribution >= 0.6 is 0 Å². The number of epoxide rings is 1. The van der Waals surface area contributed by atoms with Crippen molar-refractivity contribution in [2.75, 3.05) is 7.11 Å². The Hall–Kier alpha value is -0.120. The molecule has 0 aromatic heterocycles. The third-order valence-corrected chi connectivity index (χ3v) is 14.2. The summed E-state index contributed by atoms with van der Waals surface area (Å²) in [5, 5.41) is 11.0. The van der Waals surface area contributed by atoms with E-state index in [1.54, 1.807) is 0 Å². The molecule has 194 valence electrons. The van der Waals surface area contributed by atoms with Crippen LogP contribution in [0.2, 0.25) is 0 Å². The number of hydrogen-bond acceptors (Lipinski definition) is 3. The molecule has 34 heavy (non-hydrogen) atoms. The molecule has 6 rings (SSSR count). The monoisotopic (exact) mass is 472 g/mol. The predicted octanol–water partition coefficient (Wildman–Crippen LogP) is 7.15. The van der Waals surface area contributed by atoms with E-state index in [1.807, 2.05) is 7.11 Å². The van der Waals surface area contributed by atoms with Gasteiger partial charge in [-0.1, -0.05) is 48.5 Å². The fraction of sp³-hybridized carbons (Fsp3) is 1.00. The van der Waals surface area contributed by atoms with Gasteiger partial charge in [0.2, 0.25) is 0 Å². The van der Waals surface area contributed by atoms with E-state index in [9.17, 15) is 5.11 Å². The van der Waals surface area contributed by atoms with Gasteiger partial charge in [0.25, 0.3) is 0 Å². The van der Waals surface area contributed by atoms with E-state index in [0.717, 1.165) is 24.7 Å². The zero-order valence-electron chi connectivity index (χ0n) is 23.4. The lowest BCUT2D eigenvalue weighted by molar-refractivity contribution is -0.182. The molecular weight excluding hydrogens is 420 g/mol. The Bertz CT molecular complexity index is 865. The van der Waals surface area contributed by atoms with Crippen LogP contribution in [0.3, 0.4) is 0 Å². The van der Waals surface area contributed by atoms with Gasteiger partial charge in [0.05, 0.1) is 17.8 Å². The Morgan fingerprint density at radius 3 is 2.09 bits per heavy atom. The maximum absolute atomic E-state index is 11.0. The molecule has 3 heteroatoms. The first-order valence-corrected chi connectivity index (χ1v) is 14.6. The van der Waals surface area contributed by atoms with Crippen LogP contribution in [0.1, 0.15) is 119 Å². The summed E-state index contributed by atoms with van der Waals surface area (Å²) >= 11 is 0. The number of fused-ring (bicyclic) bond motifs is 4. The van der Waals surface area contributed by atoms with E-state index in [0.29, 0.717) is 22.9 Å². The predicted molar refractivity (Wildman–Crippen MR) is 136 cm³/mol. The van der Waals surface area contributed by atoms with Gasteiger partial charge in [-0.25, -0.2) is 0 Å². The lowest BCUT2D eigenvalue weighted by atomic mass is 9.41. The van der Waals surface area contributed by atoms with Gasteiger partial charge in [-0.2, -0.15) is 0 Å². The highest BCUT2D eigenvalue weighted by Crippen LogP contribution is 2.80. The van der Waals surface area contributed by atoms with E-state index in [1.165, 1.54) is 57.8 Å². The minimum Gasteiger partial charge on any atom is -0.393 e. The average Bonchev–Trinajstić information content (AvgIpc) is 3.40. The zero-order chi connectivity index (χ0) is 24.6. The van der Waals surface area contributed by atoms with Gasteiger partial charge in [-0.3, -0.25) is 0 Å². The fourth-order valence-corrected chi connectivity index (χ4v) is 12.6. The molecular formula is C31H52O3. The van der Waals surface area contributed by atoms with Crippen LogP contribution in [0.5, 0.6) is 0 Å². The van der Waals surface area contributed by atoms with Crippen LogP contribution in [0.25, 0.3) is 0 Å². The van der Waals surface area contributed by atoms with Crippen LogP contribution in [-0.2, 0) is 9.47 Å². The molecule has 10 atom stereocenters. The van der Waals surface area contributed by atoms with Gasteiger partial charge in [0, 0.05) is 12.5 Å². The Morgan fingerprint density at radius 1 is 0.706 bits per heavy atom. The Labute approximate surface area is 209 Å². The second kappa shape index (κ2) is 6.84. The standard InChI is InChI=1S/C31H52O3/c1-25(2)21-10-17-30-19-27(5)14-9-20-26(3,4)24(33-8)13-15-28(20,6)22(27)11-18-31(30,34-30)29(21,7)16-12-23(25)32/h20-24,32H,9-19H2,1-8H3/t20?,21-,22?,23+,24-,27-,28-,29-,30+,31+/m0/s1. The summed E-state index contributed by atoms with van der Waals surface area (Å²) in [7, 11) is 1.93. The molecule has 1 N–H and O–H groups in total. The van der Waals surface area contributed by atoms with Crippen LogP contribution in [0.4, 0.5) is 0 Å². The number of methoxy groups -OCH3 is 1. The lowest BCUT2D eigenvalue weighted by Crippen LogP contribution is -2.60. The maximum atomic E-state index is 11.0. The first kappa shape index (κ1) is 24.2. The molecule has 1 saturated heterocycles. The van der Waals surface area contributed by atoms with Crippen molar-refractivity contribution in [1.29, 1.82) is 0 Å². The lowest BCUT2D eigenvalue weighted by Gasteiger charge is -2.64. The summed E-state index contributed by atoms with van der Waals surface area (Å²) in [6.45, 7) is 17.6. The summed E-state index contributed by atoms with van der Waals surface area (Å²) in [6.07, 6.45) is 13.8. The number of rotatable bonds is 1.